The van der Waals surface area contributed by atoms with Crippen molar-refractivity contribution >= 4 is 5.82 Å². The van der Waals surface area contributed by atoms with Gasteiger partial charge in [0.15, 0.2) is 23.1 Å². The molecule has 0 amide bonds. The average molecular weight is 264 g/mol. The lowest BCUT2D eigenvalue weighted by Gasteiger charge is -2.14. The van der Waals surface area contributed by atoms with E-state index in [1.54, 1.807) is 27.4 Å². The lowest BCUT2D eigenvalue weighted by molar-refractivity contribution is 0.181. The first-order valence-corrected chi connectivity index (χ1v) is 5.66. The fraction of sp³-hybridized carbons (Fsp3) is 0.308. The van der Waals surface area contributed by atoms with Crippen molar-refractivity contribution in [1.29, 1.82) is 0 Å². The Morgan fingerprint density at radius 2 is 1.89 bits per heavy atom. The van der Waals surface area contributed by atoms with E-state index in [9.17, 15) is 0 Å². The fourth-order valence-electron chi connectivity index (χ4n) is 1.91. The molecule has 0 radical (unpaired) electrons. The number of rotatable bonds is 5. The minimum Gasteiger partial charge on any atom is -0.492 e. The van der Waals surface area contributed by atoms with Crippen molar-refractivity contribution in [2.24, 2.45) is 0 Å². The van der Waals surface area contributed by atoms with Gasteiger partial charge in [-0.3, -0.25) is 0 Å². The van der Waals surface area contributed by atoms with Crippen LogP contribution < -0.4 is 15.2 Å². The van der Waals surface area contributed by atoms with Gasteiger partial charge in [-0.05, 0) is 6.07 Å². The summed E-state index contributed by atoms with van der Waals surface area (Å²) in [7, 11) is 4.77. The largest absolute Gasteiger partial charge is 0.492 e. The monoisotopic (exact) mass is 264 g/mol. The minimum atomic E-state index is 0.317. The van der Waals surface area contributed by atoms with E-state index in [-0.39, 0.29) is 0 Å². The van der Waals surface area contributed by atoms with E-state index in [2.05, 4.69) is 5.16 Å². The van der Waals surface area contributed by atoms with E-state index in [0.29, 0.717) is 29.7 Å². The number of hydrogen-bond donors (Lipinski definition) is 1. The van der Waals surface area contributed by atoms with Crippen molar-refractivity contribution < 1.29 is 18.7 Å². The van der Waals surface area contributed by atoms with Crippen LogP contribution in [0.3, 0.4) is 0 Å². The Morgan fingerprint density at radius 3 is 2.42 bits per heavy atom. The van der Waals surface area contributed by atoms with E-state index in [1.807, 2.05) is 12.1 Å². The van der Waals surface area contributed by atoms with Crippen LogP contribution in [-0.4, -0.2) is 26.5 Å². The SMILES string of the molecule is COCc1ccc(-c2cc(N)no2)c(OC)c1OC. The summed E-state index contributed by atoms with van der Waals surface area (Å²) < 4.78 is 21.1. The zero-order valence-electron chi connectivity index (χ0n) is 11.1. The Balaban J connectivity index is 2.56. The van der Waals surface area contributed by atoms with E-state index >= 15 is 0 Å². The zero-order valence-corrected chi connectivity index (χ0v) is 11.1. The number of benzene rings is 1. The van der Waals surface area contributed by atoms with Gasteiger partial charge in [-0.25, -0.2) is 0 Å². The van der Waals surface area contributed by atoms with Crippen LogP contribution >= 0.6 is 0 Å². The lowest BCUT2D eigenvalue weighted by atomic mass is 10.1. The molecule has 1 aromatic carbocycles. The third-order valence-corrected chi connectivity index (χ3v) is 2.70. The third kappa shape index (κ3) is 2.48. The van der Waals surface area contributed by atoms with Gasteiger partial charge in [-0.2, -0.15) is 0 Å². The highest BCUT2D eigenvalue weighted by Crippen LogP contribution is 2.41. The Labute approximate surface area is 111 Å². The number of hydrogen-bond acceptors (Lipinski definition) is 6. The molecule has 0 spiro atoms. The van der Waals surface area contributed by atoms with Crippen molar-refractivity contribution in [3.63, 3.8) is 0 Å². The predicted octanol–water partition coefficient (Wildman–Crippen LogP) is 2.09. The average Bonchev–Trinajstić information content (AvgIpc) is 2.84. The van der Waals surface area contributed by atoms with Gasteiger partial charge in [0.2, 0.25) is 0 Å². The summed E-state index contributed by atoms with van der Waals surface area (Å²) in [6.45, 7) is 0.429. The van der Waals surface area contributed by atoms with Crippen LogP contribution in [0.25, 0.3) is 11.3 Å². The van der Waals surface area contributed by atoms with Crippen molar-refractivity contribution in [2.45, 2.75) is 6.61 Å². The molecule has 2 aromatic rings. The minimum absolute atomic E-state index is 0.317. The van der Waals surface area contributed by atoms with Gasteiger partial charge in [-0.1, -0.05) is 11.2 Å². The maximum Gasteiger partial charge on any atom is 0.172 e. The molecule has 0 aliphatic heterocycles. The van der Waals surface area contributed by atoms with Gasteiger partial charge in [-0.15, -0.1) is 0 Å². The summed E-state index contributed by atoms with van der Waals surface area (Å²) >= 11 is 0. The van der Waals surface area contributed by atoms with E-state index < -0.39 is 0 Å². The van der Waals surface area contributed by atoms with Gasteiger partial charge in [0, 0.05) is 18.7 Å². The standard InChI is InChI=1S/C13H16N2O4/c1-16-7-8-4-5-9(10-6-11(14)15-19-10)13(18-3)12(8)17-2/h4-6H,7H2,1-3H3,(H2,14,15). The maximum absolute atomic E-state index is 5.56. The molecule has 0 saturated carbocycles. The highest BCUT2D eigenvalue weighted by molar-refractivity contribution is 5.72. The molecule has 0 fully saturated rings. The van der Waals surface area contributed by atoms with Gasteiger partial charge in [0.25, 0.3) is 0 Å². The van der Waals surface area contributed by atoms with Crippen LogP contribution in [0.2, 0.25) is 0 Å². The predicted molar refractivity (Wildman–Crippen MR) is 70.2 cm³/mol. The highest BCUT2D eigenvalue weighted by atomic mass is 16.5. The molecule has 0 aliphatic carbocycles. The summed E-state index contributed by atoms with van der Waals surface area (Å²) in [6.07, 6.45) is 0. The smallest absolute Gasteiger partial charge is 0.172 e. The molecule has 1 aromatic heterocycles. The van der Waals surface area contributed by atoms with Gasteiger partial charge < -0.3 is 24.5 Å². The summed E-state index contributed by atoms with van der Waals surface area (Å²) in [5, 5.41) is 3.66. The highest BCUT2D eigenvalue weighted by Gasteiger charge is 2.18. The number of anilines is 1. The third-order valence-electron chi connectivity index (χ3n) is 2.70. The van der Waals surface area contributed by atoms with Crippen LogP contribution in [0.1, 0.15) is 5.56 Å². The Hall–Kier alpha value is -2.21. The molecular formula is C13H16N2O4. The number of ether oxygens (including phenoxy) is 3. The Morgan fingerprint density at radius 1 is 1.16 bits per heavy atom. The molecule has 19 heavy (non-hydrogen) atoms. The first kappa shape index (κ1) is 13.2. The lowest BCUT2D eigenvalue weighted by Crippen LogP contribution is -1.99. The van der Waals surface area contributed by atoms with Crippen molar-refractivity contribution in [2.75, 3.05) is 27.1 Å². The number of nitrogen functional groups attached to an aromatic ring is 1. The second-order valence-electron chi connectivity index (χ2n) is 3.89. The van der Waals surface area contributed by atoms with E-state index in [0.717, 1.165) is 11.1 Å². The van der Waals surface area contributed by atoms with Crippen molar-refractivity contribution in [3.05, 3.63) is 23.8 Å². The Kier molecular flexibility index (Phi) is 3.91. The molecular weight excluding hydrogens is 248 g/mol. The molecule has 0 aliphatic rings. The number of nitrogens with two attached hydrogens (primary N) is 1. The molecule has 6 nitrogen and oxygen atoms in total. The van der Waals surface area contributed by atoms with Crippen molar-refractivity contribution in [1.82, 2.24) is 5.16 Å². The normalized spacial score (nSPS) is 10.5. The zero-order chi connectivity index (χ0) is 13.8. The number of aromatic nitrogens is 1. The van der Waals surface area contributed by atoms with Crippen LogP contribution in [0.5, 0.6) is 11.5 Å². The van der Waals surface area contributed by atoms with Crippen LogP contribution in [0.4, 0.5) is 5.82 Å². The molecule has 2 rings (SSSR count). The Bertz CT molecular complexity index is 566. The van der Waals surface area contributed by atoms with E-state index in [1.165, 1.54) is 0 Å². The summed E-state index contributed by atoms with van der Waals surface area (Å²) in [6, 6.07) is 5.38. The summed E-state index contributed by atoms with van der Waals surface area (Å²) in [5.74, 6) is 2.01. The van der Waals surface area contributed by atoms with Gasteiger partial charge >= 0.3 is 0 Å². The maximum atomic E-state index is 5.56. The molecule has 0 atom stereocenters. The quantitative estimate of drug-likeness (QED) is 0.890. The second-order valence-corrected chi connectivity index (χ2v) is 3.89. The summed E-state index contributed by atoms with van der Waals surface area (Å²) in [5.41, 5.74) is 7.17. The first-order chi connectivity index (χ1) is 9.21. The van der Waals surface area contributed by atoms with Gasteiger partial charge in [0.05, 0.1) is 26.4 Å². The van der Waals surface area contributed by atoms with Crippen LogP contribution in [-0.2, 0) is 11.3 Å². The molecule has 6 heteroatoms. The first-order valence-electron chi connectivity index (χ1n) is 5.66. The fourth-order valence-corrected chi connectivity index (χ4v) is 1.91. The molecule has 2 N–H and O–H groups in total. The van der Waals surface area contributed by atoms with E-state index in [4.69, 9.17) is 24.5 Å². The molecule has 102 valence electrons. The molecule has 0 bridgehead atoms. The van der Waals surface area contributed by atoms with Crippen molar-refractivity contribution in [3.8, 4) is 22.8 Å². The van der Waals surface area contributed by atoms with Crippen LogP contribution in [0, 0.1) is 0 Å². The molecule has 0 saturated heterocycles. The second kappa shape index (κ2) is 5.62. The number of nitrogens with zero attached hydrogens (tertiary/aromatic N) is 1. The summed E-state index contributed by atoms with van der Waals surface area (Å²) in [4.78, 5) is 0. The van der Waals surface area contributed by atoms with Gasteiger partial charge in [0.1, 0.15) is 0 Å². The van der Waals surface area contributed by atoms with Crippen LogP contribution in [0.15, 0.2) is 22.7 Å². The molecule has 1 heterocycles. The molecule has 0 unspecified atom stereocenters. The number of methoxy groups -OCH3 is 3. The topological polar surface area (TPSA) is 79.7 Å².